The molecule has 0 spiro atoms. The van der Waals surface area contributed by atoms with Crippen molar-refractivity contribution in [3.05, 3.63) is 38.5 Å². The molecule has 0 heterocycles. The van der Waals surface area contributed by atoms with Crippen molar-refractivity contribution in [3.63, 3.8) is 0 Å². The molecule has 1 aromatic carbocycles. The van der Waals surface area contributed by atoms with Crippen molar-refractivity contribution in [2.45, 2.75) is 47.0 Å². The van der Waals surface area contributed by atoms with E-state index in [-0.39, 0.29) is 0 Å². The van der Waals surface area contributed by atoms with Crippen LogP contribution in [0.1, 0.15) is 48.4 Å². The minimum Gasteiger partial charge on any atom is -0.0654 e. The molecule has 0 amide bonds. The fraction of sp³-hybridized carbons (Fsp3) is 0.467. The van der Waals surface area contributed by atoms with Gasteiger partial charge in [-0.15, -0.1) is 0 Å². The Morgan fingerprint density at radius 3 is 2.19 bits per heavy atom. The molecule has 1 heteroatoms. The van der Waals surface area contributed by atoms with Crippen LogP contribution in [0, 0.1) is 20.8 Å². The van der Waals surface area contributed by atoms with Gasteiger partial charge in [0.1, 0.15) is 0 Å². The molecule has 88 valence electrons. The monoisotopic (exact) mass is 328 g/mol. The van der Waals surface area contributed by atoms with Crippen LogP contribution in [0.3, 0.4) is 0 Å². The topological polar surface area (TPSA) is 0 Å². The van der Waals surface area contributed by atoms with Crippen LogP contribution in [0.2, 0.25) is 0 Å². The minimum absolute atomic E-state index is 1.20. The minimum atomic E-state index is 1.20. The number of hydrogen-bond acceptors (Lipinski definition) is 0. The van der Waals surface area contributed by atoms with Crippen LogP contribution in [-0.4, -0.2) is 0 Å². The van der Waals surface area contributed by atoms with E-state index in [1.54, 1.807) is 0 Å². The molecule has 0 atom stereocenters. The molecular formula is C15H21I. The fourth-order valence-electron chi connectivity index (χ4n) is 2.29. The lowest BCUT2D eigenvalue weighted by molar-refractivity contribution is 0.824. The van der Waals surface area contributed by atoms with Gasteiger partial charge < -0.3 is 0 Å². The highest BCUT2D eigenvalue weighted by Gasteiger charge is 2.08. The highest BCUT2D eigenvalue weighted by atomic mass is 127. The highest BCUT2D eigenvalue weighted by molar-refractivity contribution is 14.1. The normalized spacial score (nSPS) is 11.9. The molecule has 1 rings (SSSR count). The lowest BCUT2D eigenvalue weighted by Crippen LogP contribution is -1.94. The van der Waals surface area contributed by atoms with Crippen LogP contribution in [-0.2, 0) is 0 Å². The van der Waals surface area contributed by atoms with Crippen LogP contribution < -0.4 is 0 Å². The zero-order valence-corrected chi connectivity index (χ0v) is 12.9. The Morgan fingerprint density at radius 1 is 1.19 bits per heavy atom. The van der Waals surface area contributed by atoms with E-state index in [0.29, 0.717) is 0 Å². The molecule has 0 fully saturated rings. The summed E-state index contributed by atoms with van der Waals surface area (Å²) in [6, 6.07) is 4.57. The molecule has 0 aromatic heterocycles. The number of benzene rings is 1. The van der Waals surface area contributed by atoms with Gasteiger partial charge in [-0.3, -0.25) is 0 Å². The summed E-state index contributed by atoms with van der Waals surface area (Å²) in [7, 11) is 0. The molecule has 0 nitrogen and oxygen atoms in total. The molecule has 0 aliphatic carbocycles. The SMILES string of the molecule is CCCC/C(=C\I)c1c(C)cc(C)cc1C. The van der Waals surface area contributed by atoms with E-state index >= 15 is 0 Å². The number of unbranched alkanes of at least 4 members (excludes halogenated alkanes) is 1. The van der Waals surface area contributed by atoms with Crippen LogP contribution in [0.5, 0.6) is 0 Å². The first-order chi connectivity index (χ1) is 7.60. The molecule has 0 saturated carbocycles. The molecule has 0 N–H and O–H groups in total. The Labute approximate surface area is 113 Å². The van der Waals surface area contributed by atoms with Crippen LogP contribution in [0.25, 0.3) is 5.57 Å². The maximum Gasteiger partial charge on any atom is -0.0161 e. The predicted octanol–water partition coefficient (Wildman–Crippen LogP) is 5.58. The van der Waals surface area contributed by atoms with Gasteiger partial charge in [0, 0.05) is 0 Å². The Morgan fingerprint density at radius 2 is 1.75 bits per heavy atom. The average molecular weight is 328 g/mol. The van der Waals surface area contributed by atoms with Crippen LogP contribution in [0.4, 0.5) is 0 Å². The Bertz CT molecular complexity index is 365. The second-order valence-electron chi connectivity index (χ2n) is 4.51. The second-order valence-corrected chi connectivity index (χ2v) is 5.13. The number of aryl methyl sites for hydroxylation is 3. The summed E-state index contributed by atoms with van der Waals surface area (Å²) in [6.07, 6.45) is 3.74. The van der Waals surface area contributed by atoms with Gasteiger partial charge in [-0.05, 0) is 60.0 Å². The summed E-state index contributed by atoms with van der Waals surface area (Å²) in [5.74, 6) is 0. The smallest absolute Gasteiger partial charge is 0.0161 e. The number of halogens is 1. The van der Waals surface area contributed by atoms with Crippen molar-refractivity contribution in [3.8, 4) is 0 Å². The third-order valence-corrected chi connectivity index (χ3v) is 3.68. The summed E-state index contributed by atoms with van der Waals surface area (Å²) in [5.41, 5.74) is 7.15. The Balaban J connectivity index is 3.10. The fourth-order valence-corrected chi connectivity index (χ4v) is 2.91. The molecule has 0 radical (unpaired) electrons. The Kier molecular flexibility index (Phi) is 5.53. The summed E-state index contributed by atoms with van der Waals surface area (Å²) < 4.78 is 2.25. The third kappa shape index (κ3) is 3.34. The summed E-state index contributed by atoms with van der Waals surface area (Å²) >= 11 is 2.37. The van der Waals surface area contributed by atoms with Crippen LogP contribution in [0.15, 0.2) is 16.2 Å². The van der Waals surface area contributed by atoms with E-state index in [1.165, 1.54) is 47.1 Å². The summed E-state index contributed by atoms with van der Waals surface area (Å²) in [6.45, 7) is 8.87. The predicted molar refractivity (Wildman–Crippen MR) is 82.2 cm³/mol. The number of hydrogen-bond donors (Lipinski definition) is 0. The van der Waals surface area contributed by atoms with E-state index < -0.39 is 0 Å². The first-order valence-corrected chi connectivity index (χ1v) is 7.22. The standard InChI is InChI=1S/C15H21I/c1-5-6-7-14(10-16)15-12(3)8-11(2)9-13(15)4/h8-10H,5-7H2,1-4H3/b14-10+. The summed E-state index contributed by atoms with van der Waals surface area (Å²) in [5, 5.41) is 0. The van der Waals surface area contributed by atoms with E-state index in [0.717, 1.165) is 0 Å². The van der Waals surface area contributed by atoms with Gasteiger partial charge >= 0.3 is 0 Å². The largest absolute Gasteiger partial charge is 0.0654 e. The second kappa shape index (κ2) is 6.43. The molecule has 0 unspecified atom stereocenters. The van der Waals surface area contributed by atoms with Crippen molar-refractivity contribution < 1.29 is 0 Å². The van der Waals surface area contributed by atoms with E-state index in [2.05, 4.69) is 66.5 Å². The Hall–Kier alpha value is -0.310. The lowest BCUT2D eigenvalue weighted by Gasteiger charge is -2.14. The maximum absolute atomic E-state index is 2.37. The molecule has 16 heavy (non-hydrogen) atoms. The molecule has 1 aromatic rings. The zero-order chi connectivity index (χ0) is 12.1. The third-order valence-electron chi connectivity index (χ3n) is 2.93. The van der Waals surface area contributed by atoms with Crippen molar-refractivity contribution in [2.75, 3.05) is 0 Å². The first-order valence-electron chi connectivity index (χ1n) is 5.97. The van der Waals surface area contributed by atoms with Crippen molar-refractivity contribution >= 4 is 28.2 Å². The molecule has 0 aliphatic heterocycles. The highest BCUT2D eigenvalue weighted by Crippen LogP contribution is 2.29. The van der Waals surface area contributed by atoms with E-state index in [4.69, 9.17) is 0 Å². The van der Waals surface area contributed by atoms with Gasteiger partial charge in [0.25, 0.3) is 0 Å². The van der Waals surface area contributed by atoms with E-state index in [1.807, 2.05) is 0 Å². The summed E-state index contributed by atoms with van der Waals surface area (Å²) in [4.78, 5) is 0. The van der Waals surface area contributed by atoms with E-state index in [9.17, 15) is 0 Å². The number of rotatable bonds is 4. The molecular weight excluding hydrogens is 307 g/mol. The average Bonchev–Trinajstić information content (AvgIpc) is 2.21. The van der Waals surface area contributed by atoms with Gasteiger partial charge in [0.05, 0.1) is 0 Å². The van der Waals surface area contributed by atoms with Gasteiger partial charge in [0.2, 0.25) is 0 Å². The maximum atomic E-state index is 2.37. The van der Waals surface area contributed by atoms with Gasteiger partial charge in [-0.1, -0.05) is 53.6 Å². The van der Waals surface area contributed by atoms with Crippen molar-refractivity contribution in [1.29, 1.82) is 0 Å². The molecule has 0 aliphatic rings. The van der Waals surface area contributed by atoms with Gasteiger partial charge in [-0.25, -0.2) is 0 Å². The van der Waals surface area contributed by atoms with Crippen molar-refractivity contribution in [1.82, 2.24) is 0 Å². The number of allylic oxidation sites excluding steroid dienone is 1. The zero-order valence-electron chi connectivity index (χ0n) is 10.7. The van der Waals surface area contributed by atoms with Crippen LogP contribution >= 0.6 is 22.6 Å². The molecule has 0 bridgehead atoms. The van der Waals surface area contributed by atoms with Gasteiger partial charge in [-0.2, -0.15) is 0 Å². The quantitative estimate of drug-likeness (QED) is 0.633. The first kappa shape index (κ1) is 13.8. The molecule has 0 saturated heterocycles. The van der Waals surface area contributed by atoms with Gasteiger partial charge in [0.15, 0.2) is 0 Å². The van der Waals surface area contributed by atoms with Crippen molar-refractivity contribution in [2.24, 2.45) is 0 Å². The lowest BCUT2D eigenvalue weighted by atomic mass is 9.92.